The number of imidazole rings is 1. The Morgan fingerprint density at radius 2 is 2.30 bits per heavy atom. The summed E-state index contributed by atoms with van der Waals surface area (Å²) in [5.41, 5.74) is -0.143. The Hall–Kier alpha value is -1.85. The van der Waals surface area contributed by atoms with Crippen LogP contribution in [0.5, 0.6) is 0 Å². The van der Waals surface area contributed by atoms with Crippen molar-refractivity contribution < 1.29 is 13.2 Å². The van der Waals surface area contributed by atoms with Gasteiger partial charge in [0.2, 0.25) is 0 Å². The summed E-state index contributed by atoms with van der Waals surface area (Å²) >= 11 is 1.53. The van der Waals surface area contributed by atoms with Crippen LogP contribution in [0.3, 0.4) is 0 Å². The minimum Gasteiger partial charge on any atom is -0.334 e. The number of halogens is 3. The Morgan fingerprint density at radius 1 is 1.48 bits per heavy atom. The van der Waals surface area contributed by atoms with Crippen molar-refractivity contribution in [3.63, 3.8) is 0 Å². The summed E-state index contributed by atoms with van der Waals surface area (Å²) in [7, 11) is 0. The molecule has 2 aromatic heterocycles. The van der Waals surface area contributed by atoms with Crippen molar-refractivity contribution in [3.8, 4) is 6.07 Å². The minimum atomic E-state index is -4.38. The van der Waals surface area contributed by atoms with Crippen LogP contribution in [0.2, 0.25) is 0 Å². The number of aromatic nitrogens is 2. The van der Waals surface area contributed by atoms with E-state index >= 15 is 0 Å². The van der Waals surface area contributed by atoms with Crippen molar-refractivity contribution in [1.29, 1.82) is 5.26 Å². The van der Waals surface area contributed by atoms with Gasteiger partial charge in [-0.3, -0.25) is 0 Å². The molecule has 1 aliphatic heterocycles. The number of rotatable bonds is 4. The summed E-state index contributed by atoms with van der Waals surface area (Å²) in [6, 6.07) is 3.94. The lowest BCUT2D eigenvalue weighted by Crippen LogP contribution is -2.29. The summed E-state index contributed by atoms with van der Waals surface area (Å²) < 4.78 is 39.7. The fourth-order valence-corrected chi connectivity index (χ4v) is 3.53. The van der Waals surface area contributed by atoms with Crippen LogP contribution in [0.4, 0.5) is 13.2 Å². The van der Waals surface area contributed by atoms with Gasteiger partial charge in [-0.25, -0.2) is 4.98 Å². The number of fused-ring (bicyclic) bond motifs is 1. The van der Waals surface area contributed by atoms with Crippen molar-refractivity contribution in [1.82, 2.24) is 14.9 Å². The Labute approximate surface area is 135 Å². The molecular formula is C15H15F3N4S. The number of hydrogen-bond acceptors (Lipinski definition) is 4. The lowest BCUT2D eigenvalue weighted by atomic mass is 9.99. The zero-order valence-electron chi connectivity index (χ0n) is 12.2. The van der Waals surface area contributed by atoms with E-state index in [-0.39, 0.29) is 5.92 Å². The minimum absolute atomic E-state index is 0.285. The monoisotopic (exact) mass is 340 g/mol. The zero-order chi connectivity index (χ0) is 16.4. The smallest absolute Gasteiger partial charge is 0.334 e. The average molecular weight is 340 g/mol. The molecule has 3 rings (SSSR count). The second kappa shape index (κ2) is 6.34. The summed E-state index contributed by atoms with van der Waals surface area (Å²) in [6.45, 7) is 1.96. The average Bonchev–Trinajstić information content (AvgIpc) is 3.12. The molecule has 0 spiro atoms. The number of hydrogen-bond donors (Lipinski definition) is 1. The van der Waals surface area contributed by atoms with E-state index in [1.807, 2.05) is 11.4 Å². The maximum absolute atomic E-state index is 12.7. The van der Waals surface area contributed by atoms with Crippen LogP contribution in [-0.4, -0.2) is 16.1 Å². The second-order valence-corrected chi connectivity index (χ2v) is 6.64. The Balaban J connectivity index is 1.53. The number of aryl methyl sites for hydroxylation is 1. The maximum atomic E-state index is 12.7. The topological polar surface area (TPSA) is 53.6 Å². The van der Waals surface area contributed by atoms with E-state index in [4.69, 9.17) is 5.26 Å². The second-order valence-electron chi connectivity index (χ2n) is 5.64. The fourth-order valence-electron chi connectivity index (χ4n) is 2.75. The van der Waals surface area contributed by atoms with E-state index in [2.05, 4.69) is 16.4 Å². The van der Waals surface area contributed by atoms with Gasteiger partial charge in [-0.2, -0.15) is 18.4 Å². The molecule has 0 bridgehead atoms. The molecule has 1 aliphatic rings. The van der Waals surface area contributed by atoms with Gasteiger partial charge >= 0.3 is 6.18 Å². The molecule has 0 unspecified atom stereocenters. The normalized spacial score (nSPS) is 17.7. The highest BCUT2D eigenvalue weighted by molar-refractivity contribution is 7.10. The third kappa shape index (κ3) is 3.74. The molecule has 0 fully saturated rings. The highest BCUT2D eigenvalue weighted by Crippen LogP contribution is 2.30. The number of nitriles is 1. The summed E-state index contributed by atoms with van der Waals surface area (Å²) in [5.74, 6) is 0.804. The first-order valence-electron chi connectivity index (χ1n) is 7.27. The van der Waals surface area contributed by atoms with Crippen LogP contribution in [0, 0.1) is 17.2 Å². The molecular weight excluding hydrogens is 325 g/mol. The van der Waals surface area contributed by atoms with Gasteiger partial charge in [0.25, 0.3) is 0 Å². The molecule has 4 nitrogen and oxygen atoms in total. The van der Waals surface area contributed by atoms with Crippen molar-refractivity contribution in [2.24, 2.45) is 5.92 Å². The van der Waals surface area contributed by atoms with Crippen molar-refractivity contribution in [3.05, 3.63) is 39.6 Å². The van der Waals surface area contributed by atoms with E-state index in [1.54, 1.807) is 4.57 Å². The lowest BCUT2D eigenvalue weighted by molar-refractivity contribution is -0.141. The Kier molecular flexibility index (Phi) is 4.41. The van der Waals surface area contributed by atoms with E-state index < -0.39 is 11.9 Å². The molecule has 122 valence electrons. The van der Waals surface area contributed by atoms with Gasteiger partial charge in [0.15, 0.2) is 5.69 Å². The quantitative estimate of drug-likeness (QED) is 0.930. The third-order valence-electron chi connectivity index (χ3n) is 3.90. The summed E-state index contributed by atoms with van der Waals surface area (Å²) in [6.07, 6.45) is -1.87. The lowest BCUT2D eigenvalue weighted by Gasteiger charge is -2.23. The van der Waals surface area contributed by atoms with Crippen LogP contribution in [-0.2, 0) is 25.7 Å². The van der Waals surface area contributed by atoms with Gasteiger partial charge in [-0.05, 0) is 18.4 Å². The summed E-state index contributed by atoms with van der Waals surface area (Å²) in [4.78, 5) is 4.77. The Bertz CT molecular complexity index is 726. The molecule has 0 amide bonds. The van der Waals surface area contributed by atoms with Crippen LogP contribution in [0.15, 0.2) is 17.6 Å². The van der Waals surface area contributed by atoms with E-state index in [0.29, 0.717) is 30.9 Å². The molecule has 8 heteroatoms. The largest absolute Gasteiger partial charge is 0.434 e. The maximum Gasteiger partial charge on any atom is 0.434 e. The van der Waals surface area contributed by atoms with Crippen molar-refractivity contribution >= 4 is 11.3 Å². The van der Waals surface area contributed by atoms with Gasteiger partial charge < -0.3 is 9.88 Å². The van der Waals surface area contributed by atoms with Crippen molar-refractivity contribution in [2.45, 2.75) is 32.1 Å². The first-order chi connectivity index (χ1) is 11.0. The first kappa shape index (κ1) is 16.0. The van der Waals surface area contributed by atoms with E-state index in [1.165, 1.54) is 11.3 Å². The fraction of sp³-hybridized carbons (Fsp3) is 0.467. The van der Waals surface area contributed by atoms with Crippen LogP contribution >= 0.6 is 11.3 Å². The zero-order valence-corrected chi connectivity index (χ0v) is 13.0. The van der Waals surface area contributed by atoms with Crippen LogP contribution in [0.25, 0.3) is 0 Å². The third-order valence-corrected chi connectivity index (χ3v) is 4.83. The molecule has 0 saturated heterocycles. The number of thiophene rings is 1. The van der Waals surface area contributed by atoms with E-state index in [0.717, 1.165) is 24.0 Å². The number of alkyl halides is 3. The molecule has 0 radical (unpaired) electrons. The highest BCUT2D eigenvalue weighted by Gasteiger charge is 2.35. The molecule has 1 atom stereocenters. The summed E-state index contributed by atoms with van der Waals surface area (Å²) in [5, 5.41) is 13.9. The standard InChI is InChI=1S/C15H15F3N4S/c16-15(17,18)13-8-22-7-10(1-2-14(22)21-13)5-20-6-12-3-11(4-19)9-23-12/h3,8-10,20H,1-2,5-7H2/t10-/m0/s1. The molecule has 1 N–H and O–H groups in total. The van der Waals surface area contributed by atoms with Gasteiger partial charge in [0.1, 0.15) is 11.9 Å². The van der Waals surface area contributed by atoms with Crippen molar-refractivity contribution in [2.75, 3.05) is 6.54 Å². The van der Waals surface area contributed by atoms with Crippen LogP contribution in [0.1, 0.15) is 28.4 Å². The highest BCUT2D eigenvalue weighted by atomic mass is 32.1. The SMILES string of the molecule is N#Cc1csc(CNC[C@@H]2CCc3nc(C(F)(F)F)cn3C2)c1. The molecule has 0 aromatic carbocycles. The number of nitrogens with one attached hydrogen (secondary N) is 1. The molecule has 0 saturated carbocycles. The predicted octanol–water partition coefficient (Wildman–Crippen LogP) is 3.19. The molecule has 0 aliphatic carbocycles. The molecule has 23 heavy (non-hydrogen) atoms. The van der Waals surface area contributed by atoms with Gasteiger partial charge in [0, 0.05) is 42.5 Å². The molecule has 3 heterocycles. The number of nitrogens with zero attached hydrogens (tertiary/aromatic N) is 3. The Morgan fingerprint density at radius 3 is 3.00 bits per heavy atom. The van der Waals surface area contributed by atoms with Gasteiger partial charge in [-0.15, -0.1) is 11.3 Å². The van der Waals surface area contributed by atoms with Crippen LogP contribution < -0.4 is 5.32 Å². The van der Waals surface area contributed by atoms with E-state index in [9.17, 15) is 13.2 Å². The molecule has 2 aromatic rings. The van der Waals surface area contributed by atoms with Gasteiger partial charge in [-0.1, -0.05) is 0 Å². The first-order valence-corrected chi connectivity index (χ1v) is 8.15. The van der Waals surface area contributed by atoms with Gasteiger partial charge in [0.05, 0.1) is 5.56 Å². The predicted molar refractivity (Wildman–Crippen MR) is 79.8 cm³/mol.